The molecule has 1 aromatic rings. The number of halogens is 1. The summed E-state index contributed by atoms with van der Waals surface area (Å²) in [6.45, 7) is 2.22. The average molecular weight is 590 g/mol. The van der Waals surface area contributed by atoms with Crippen LogP contribution in [0.3, 0.4) is 0 Å². The second-order valence-electron chi connectivity index (χ2n) is 8.87. The van der Waals surface area contributed by atoms with Crippen molar-refractivity contribution in [1.82, 2.24) is 5.32 Å². The summed E-state index contributed by atoms with van der Waals surface area (Å²) in [5, 5.41) is 11.3. The van der Waals surface area contributed by atoms with E-state index in [1.165, 1.54) is 83.1 Å². The van der Waals surface area contributed by atoms with E-state index in [4.69, 9.17) is 9.84 Å². The van der Waals surface area contributed by atoms with Gasteiger partial charge in [-0.1, -0.05) is 96.8 Å². The number of carbonyl (C=O) groups excluding carboxylic acids is 2. The molecule has 0 atom stereocenters. The Labute approximate surface area is 216 Å². The van der Waals surface area contributed by atoms with Gasteiger partial charge in [-0.3, -0.25) is 18.0 Å². The first kappa shape index (κ1) is 30.7. The first-order valence-electron chi connectivity index (χ1n) is 13.1. The highest BCUT2D eigenvalue weighted by atomic mass is 127. The molecule has 194 valence electrons. The highest BCUT2D eigenvalue weighted by Gasteiger charge is 2.16. The maximum absolute atomic E-state index is 12.5. The molecule has 0 saturated carbocycles. The SMILES string of the molecule is CCCCCCCCCCCCCCCCCC(=O)NC(=O)c1cc(OCCO)ccc1I=O. The number of hydrogen-bond acceptors (Lipinski definition) is 5. The third-order valence-corrected chi connectivity index (χ3v) is 7.30. The van der Waals surface area contributed by atoms with E-state index in [0.717, 1.165) is 19.3 Å². The predicted octanol–water partition coefficient (Wildman–Crippen LogP) is 7.06. The van der Waals surface area contributed by atoms with Crippen molar-refractivity contribution >= 4 is 33.0 Å². The molecule has 0 aliphatic rings. The molecule has 0 heterocycles. The minimum absolute atomic E-state index is 0.102. The smallest absolute Gasteiger partial charge is 0.259 e. The largest absolute Gasteiger partial charge is 0.491 e. The number of unbranched alkanes of at least 4 members (excludes halogenated alkanes) is 14. The summed E-state index contributed by atoms with van der Waals surface area (Å²) in [7, 11) is 0. The molecular formula is C27H44INO5. The van der Waals surface area contributed by atoms with Crippen LogP contribution in [0.4, 0.5) is 0 Å². The van der Waals surface area contributed by atoms with Crippen molar-refractivity contribution in [3.63, 3.8) is 0 Å². The molecule has 34 heavy (non-hydrogen) atoms. The summed E-state index contributed by atoms with van der Waals surface area (Å²) in [6.07, 6.45) is 19.3. The minimum atomic E-state index is -1.56. The van der Waals surface area contributed by atoms with Gasteiger partial charge in [0.05, 0.1) is 15.7 Å². The molecule has 0 aromatic heterocycles. The Hall–Kier alpha value is -1.35. The van der Waals surface area contributed by atoms with E-state index in [1.54, 1.807) is 12.1 Å². The Morgan fingerprint density at radius 1 is 0.853 bits per heavy atom. The Morgan fingerprint density at radius 2 is 1.38 bits per heavy atom. The maximum Gasteiger partial charge on any atom is 0.259 e. The van der Waals surface area contributed by atoms with E-state index in [1.807, 2.05) is 0 Å². The van der Waals surface area contributed by atoms with Crippen LogP contribution in [0.2, 0.25) is 0 Å². The van der Waals surface area contributed by atoms with Crippen molar-refractivity contribution < 1.29 is 22.5 Å². The van der Waals surface area contributed by atoms with Crippen molar-refractivity contribution in [3.8, 4) is 5.75 Å². The lowest BCUT2D eigenvalue weighted by Gasteiger charge is -2.09. The average Bonchev–Trinajstić information content (AvgIpc) is 2.84. The number of amides is 2. The van der Waals surface area contributed by atoms with E-state index in [-0.39, 0.29) is 24.7 Å². The van der Waals surface area contributed by atoms with E-state index in [2.05, 4.69) is 12.2 Å². The van der Waals surface area contributed by atoms with Crippen LogP contribution in [0.15, 0.2) is 18.2 Å². The van der Waals surface area contributed by atoms with Gasteiger partial charge in [0.25, 0.3) is 5.91 Å². The van der Waals surface area contributed by atoms with Crippen LogP contribution < -0.4 is 10.1 Å². The number of benzene rings is 1. The number of ether oxygens (including phenoxy) is 1. The van der Waals surface area contributed by atoms with Crippen LogP contribution in [0.1, 0.15) is 120 Å². The number of rotatable bonds is 21. The molecule has 2 amide bonds. The van der Waals surface area contributed by atoms with Gasteiger partial charge in [-0.25, -0.2) is 0 Å². The van der Waals surface area contributed by atoms with Gasteiger partial charge in [0.1, 0.15) is 12.4 Å². The zero-order valence-corrected chi connectivity index (χ0v) is 23.1. The van der Waals surface area contributed by atoms with Crippen LogP contribution in [0, 0.1) is 3.57 Å². The molecule has 2 N–H and O–H groups in total. The van der Waals surface area contributed by atoms with E-state index >= 15 is 0 Å². The van der Waals surface area contributed by atoms with Crippen molar-refractivity contribution in [2.75, 3.05) is 13.2 Å². The van der Waals surface area contributed by atoms with Crippen LogP contribution in [0.25, 0.3) is 0 Å². The highest BCUT2D eigenvalue weighted by Crippen LogP contribution is 2.22. The molecule has 0 spiro atoms. The van der Waals surface area contributed by atoms with Gasteiger partial charge in [0.15, 0.2) is 21.2 Å². The molecule has 0 aliphatic heterocycles. The monoisotopic (exact) mass is 589 g/mol. The van der Waals surface area contributed by atoms with E-state index < -0.39 is 27.1 Å². The Morgan fingerprint density at radius 3 is 1.88 bits per heavy atom. The molecule has 1 rings (SSSR count). The van der Waals surface area contributed by atoms with Crippen molar-refractivity contribution in [1.29, 1.82) is 0 Å². The number of aliphatic hydroxyl groups is 1. The molecule has 0 fully saturated rings. The molecule has 0 unspecified atom stereocenters. The zero-order chi connectivity index (χ0) is 24.9. The standard InChI is InChI=1S/C27H44INO5/c1-2-3-4-5-6-7-8-9-10-11-12-13-14-15-16-17-26(31)29-27(32)24-22-23(34-21-20-30)18-19-25(24)28-33/h18-19,22,30H,2-17,20-21H2,1H3,(H,29,31,32). The first-order valence-corrected chi connectivity index (χ1v) is 15.1. The second-order valence-corrected chi connectivity index (χ2v) is 10.5. The summed E-state index contributed by atoms with van der Waals surface area (Å²) in [5.41, 5.74) is 0.197. The van der Waals surface area contributed by atoms with Gasteiger partial charge in [-0.05, 0) is 24.6 Å². The number of aliphatic hydroxyl groups excluding tert-OH is 1. The molecule has 0 bridgehead atoms. The zero-order valence-electron chi connectivity index (χ0n) is 20.9. The fourth-order valence-corrected chi connectivity index (χ4v) is 4.88. The third kappa shape index (κ3) is 14.8. The summed E-state index contributed by atoms with van der Waals surface area (Å²) in [4.78, 5) is 24.6. The topological polar surface area (TPSA) is 92.7 Å². The Kier molecular flexibility index (Phi) is 18.9. The fraction of sp³-hybridized carbons (Fsp3) is 0.704. The van der Waals surface area contributed by atoms with Gasteiger partial charge in [-0.15, -0.1) is 0 Å². The van der Waals surface area contributed by atoms with Gasteiger partial charge < -0.3 is 9.84 Å². The Balaban J connectivity index is 2.09. The van der Waals surface area contributed by atoms with Crippen LogP contribution >= 0.6 is 21.2 Å². The van der Waals surface area contributed by atoms with Gasteiger partial charge >= 0.3 is 0 Å². The molecule has 6 nitrogen and oxygen atoms in total. The van der Waals surface area contributed by atoms with E-state index in [0.29, 0.717) is 15.7 Å². The summed E-state index contributed by atoms with van der Waals surface area (Å²) >= 11 is -1.56. The van der Waals surface area contributed by atoms with Crippen molar-refractivity contribution in [2.45, 2.75) is 110 Å². The lowest BCUT2D eigenvalue weighted by molar-refractivity contribution is -0.120. The van der Waals surface area contributed by atoms with Gasteiger partial charge in [0.2, 0.25) is 5.91 Å². The van der Waals surface area contributed by atoms with Crippen LogP contribution in [-0.2, 0) is 7.86 Å². The third-order valence-electron chi connectivity index (χ3n) is 5.89. The molecular weight excluding hydrogens is 545 g/mol. The van der Waals surface area contributed by atoms with Crippen LogP contribution in [0.5, 0.6) is 5.75 Å². The minimum Gasteiger partial charge on any atom is -0.491 e. The molecule has 0 saturated heterocycles. The first-order chi connectivity index (χ1) is 16.6. The van der Waals surface area contributed by atoms with Crippen molar-refractivity contribution in [2.24, 2.45) is 0 Å². The molecule has 7 heteroatoms. The van der Waals surface area contributed by atoms with E-state index in [9.17, 15) is 12.7 Å². The maximum atomic E-state index is 12.5. The number of hydrogen-bond donors (Lipinski definition) is 2. The lowest BCUT2D eigenvalue weighted by atomic mass is 10.0. The normalized spacial score (nSPS) is 10.9. The summed E-state index contributed by atoms with van der Waals surface area (Å²) < 4.78 is 17.2. The Bertz CT molecular complexity index is 710. The second kappa shape index (κ2) is 21.0. The summed E-state index contributed by atoms with van der Waals surface area (Å²) in [5.74, 6) is -0.461. The number of nitrogens with one attached hydrogen (secondary N) is 1. The van der Waals surface area contributed by atoms with Gasteiger partial charge in [0, 0.05) is 6.42 Å². The predicted molar refractivity (Wildman–Crippen MR) is 144 cm³/mol. The highest BCUT2D eigenvalue weighted by molar-refractivity contribution is 14.1. The quantitative estimate of drug-likeness (QED) is 0.118. The molecule has 0 radical (unpaired) electrons. The number of imide groups is 1. The number of carbonyl (C=O) groups is 2. The van der Waals surface area contributed by atoms with Gasteiger partial charge in [-0.2, -0.15) is 0 Å². The summed E-state index contributed by atoms with van der Waals surface area (Å²) in [6, 6.07) is 4.65. The van der Waals surface area contributed by atoms with Crippen molar-refractivity contribution in [3.05, 3.63) is 27.3 Å². The molecule has 1 aromatic carbocycles. The fourth-order valence-electron chi connectivity index (χ4n) is 3.91. The van der Waals surface area contributed by atoms with Crippen LogP contribution in [-0.4, -0.2) is 30.1 Å². The lowest BCUT2D eigenvalue weighted by Crippen LogP contribution is -2.30. The molecule has 0 aliphatic carbocycles.